The maximum absolute atomic E-state index is 12.3. The molecule has 0 radical (unpaired) electrons. The summed E-state index contributed by atoms with van der Waals surface area (Å²) in [6, 6.07) is 6.64. The Morgan fingerprint density at radius 2 is 2.10 bits per heavy atom. The normalized spacial score (nSPS) is 21.8. The lowest BCUT2D eigenvalue weighted by Crippen LogP contribution is -2.44. The third-order valence-electron chi connectivity index (χ3n) is 3.59. The molecule has 0 aliphatic carbocycles. The number of hydrogen-bond donors (Lipinski definition) is 0. The van der Waals surface area contributed by atoms with Crippen molar-refractivity contribution in [3.8, 4) is 5.75 Å². The smallest absolute Gasteiger partial charge is 0.263 e. The largest absolute Gasteiger partial charge is 0.479 e. The molecular weight excluding hydrogens is 314 g/mol. The predicted octanol–water partition coefficient (Wildman–Crippen LogP) is 1.75. The highest BCUT2D eigenvalue weighted by molar-refractivity contribution is 7.91. The minimum Gasteiger partial charge on any atom is -0.479 e. The van der Waals surface area contributed by atoms with Crippen LogP contribution in [0.5, 0.6) is 5.75 Å². The SMILES string of the molecule is CC(Oc1ccccc1Cl)C(=O)N(C)C1CCS(=O)(=O)C1. The topological polar surface area (TPSA) is 63.7 Å². The predicted molar refractivity (Wildman–Crippen MR) is 81.4 cm³/mol. The average Bonchev–Trinajstić information content (AvgIpc) is 2.80. The summed E-state index contributed by atoms with van der Waals surface area (Å²) in [5, 5.41) is 0.434. The van der Waals surface area contributed by atoms with Gasteiger partial charge in [0.2, 0.25) is 0 Å². The molecule has 0 aromatic heterocycles. The standard InChI is InChI=1S/C14H18ClNO4S/c1-10(20-13-6-4-3-5-12(13)15)14(17)16(2)11-7-8-21(18,19)9-11/h3-6,10-11H,7-9H2,1-2H3. The summed E-state index contributed by atoms with van der Waals surface area (Å²) in [4.78, 5) is 13.8. The molecule has 1 heterocycles. The number of carbonyl (C=O) groups excluding carboxylic acids is 1. The summed E-state index contributed by atoms with van der Waals surface area (Å²) in [6.45, 7) is 1.63. The average molecular weight is 332 g/mol. The number of amides is 1. The zero-order valence-corrected chi connectivity index (χ0v) is 13.5. The van der Waals surface area contributed by atoms with E-state index in [9.17, 15) is 13.2 Å². The van der Waals surface area contributed by atoms with E-state index in [-0.39, 0.29) is 23.5 Å². The van der Waals surface area contributed by atoms with Gasteiger partial charge in [0.25, 0.3) is 5.91 Å². The van der Waals surface area contributed by atoms with Crippen LogP contribution >= 0.6 is 11.6 Å². The first-order valence-corrected chi connectivity index (χ1v) is 8.88. The highest BCUT2D eigenvalue weighted by Gasteiger charge is 2.34. The van der Waals surface area contributed by atoms with Crippen molar-refractivity contribution in [3.63, 3.8) is 0 Å². The van der Waals surface area contributed by atoms with Crippen LogP contribution in [0.3, 0.4) is 0 Å². The van der Waals surface area contributed by atoms with Crippen molar-refractivity contribution in [1.82, 2.24) is 4.90 Å². The first-order valence-electron chi connectivity index (χ1n) is 6.68. The van der Waals surface area contributed by atoms with Crippen molar-refractivity contribution in [2.75, 3.05) is 18.6 Å². The van der Waals surface area contributed by atoms with Gasteiger partial charge in [0.15, 0.2) is 15.9 Å². The fraction of sp³-hybridized carbons (Fsp3) is 0.500. The molecule has 116 valence electrons. The molecule has 1 aromatic rings. The number of para-hydroxylation sites is 1. The van der Waals surface area contributed by atoms with E-state index in [2.05, 4.69) is 0 Å². The Balaban J connectivity index is 2.01. The molecule has 2 unspecified atom stereocenters. The van der Waals surface area contributed by atoms with Crippen LogP contribution in [0.1, 0.15) is 13.3 Å². The van der Waals surface area contributed by atoms with E-state index in [1.165, 1.54) is 4.90 Å². The summed E-state index contributed by atoms with van der Waals surface area (Å²) < 4.78 is 28.5. The van der Waals surface area contributed by atoms with Crippen molar-refractivity contribution in [2.24, 2.45) is 0 Å². The number of rotatable bonds is 4. The highest BCUT2D eigenvalue weighted by atomic mass is 35.5. The number of hydrogen-bond acceptors (Lipinski definition) is 4. The Bertz CT molecular complexity index is 632. The van der Waals surface area contributed by atoms with Gasteiger partial charge in [-0.05, 0) is 25.5 Å². The minimum absolute atomic E-state index is 0.0219. The van der Waals surface area contributed by atoms with Gasteiger partial charge in [-0.25, -0.2) is 8.42 Å². The third-order valence-corrected chi connectivity index (χ3v) is 5.65. The van der Waals surface area contributed by atoms with E-state index in [0.29, 0.717) is 17.2 Å². The van der Waals surface area contributed by atoms with Crippen molar-refractivity contribution in [1.29, 1.82) is 0 Å². The Morgan fingerprint density at radius 1 is 1.43 bits per heavy atom. The molecular formula is C14H18ClNO4S. The van der Waals surface area contributed by atoms with Crippen LogP contribution < -0.4 is 4.74 Å². The van der Waals surface area contributed by atoms with Crippen molar-refractivity contribution >= 4 is 27.3 Å². The minimum atomic E-state index is -3.02. The molecule has 5 nitrogen and oxygen atoms in total. The van der Waals surface area contributed by atoms with Gasteiger partial charge in [0.05, 0.1) is 16.5 Å². The van der Waals surface area contributed by atoms with Crippen LogP contribution in [-0.2, 0) is 14.6 Å². The summed E-state index contributed by atoms with van der Waals surface area (Å²) in [6.07, 6.45) is -0.248. The lowest BCUT2D eigenvalue weighted by atomic mass is 10.2. The van der Waals surface area contributed by atoms with E-state index in [1.807, 2.05) is 0 Å². The first kappa shape index (κ1) is 16.1. The lowest BCUT2D eigenvalue weighted by molar-refractivity contribution is -0.138. The number of benzene rings is 1. The number of nitrogens with zero attached hydrogens (tertiary/aromatic N) is 1. The van der Waals surface area contributed by atoms with Crippen molar-refractivity contribution in [3.05, 3.63) is 29.3 Å². The fourth-order valence-electron chi connectivity index (χ4n) is 2.33. The molecule has 1 aromatic carbocycles. The molecule has 1 aliphatic rings. The molecule has 0 N–H and O–H groups in total. The highest BCUT2D eigenvalue weighted by Crippen LogP contribution is 2.25. The lowest BCUT2D eigenvalue weighted by Gasteiger charge is -2.26. The van der Waals surface area contributed by atoms with Crippen LogP contribution in [0, 0.1) is 0 Å². The first-order chi connectivity index (χ1) is 9.80. The number of halogens is 1. The zero-order valence-electron chi connectivity index (χ0n) is 12.0. The van der Waals surface area contributed by atoms with Crippen LogP contribution in [0.15, 0.2) is 24.3 Å². The van der Waals surface area contributed by atoms with Crippen LogP contribution in [0.25, 0.3) is 0 Å². The summed E-state index contributed by atoms with van der Waals surface area (Å²) in [5.41, 5.74) is 0. The third kappa shape index (κ3) is 3.89. The summed E-state index contributed by atoms with van der Waals surface area (Å²) in [5.74, 6) is 0.341. The summed E-state index contributed by atoms with van der Waals surface area (Å²) >= 11 is 5.99. The number of ether oxygens (including phenoxy) is 1. The monoisotopic (exact) mass is 331 g/mol. The second-order valence-corrected chi connectivity index (χ2v) is 7.83. The van der Waals surface area contributed by atoms with E-state index in [1.54, 1.807) is 38.2 Å². The molecule has 1 fully saturated rings. The van der Waals surface area contributed by atoms with Gasteiger partial charge in [-0.3, -0.25) is 4.79 Å². The molecule has 21 heavy (non-hydrogen) atoms. The van der Waals surface area contributed by atoms with Crippen LogP contribution in [-0.4, -0.2) is 49.9 Å². The van der Waals surface area contributed by atoms with Crippen LogP contribution in [0.2, 0.25) is 5.02 Å². The maximum atomic E-state index is 12.3. The Kier molecular flexibility index (Phi) is 4.78. The molecule has 7 heteroatoms. The fourth-order valence-corrected chi connectivity index (χ4v) is 4.28. The maximum Gasteiger partial charge on any atom is 0.263 e. The molecule has 1 saturated heterocycles. The van der Waals surface area contributed by atoms with Gasteiger partial charge < -0.3 is 9.64 Å². The summed E-state index contributed by atoms with van der Waals surface area (Å²) in [7, 11) is -1.41. The molecule has 0 bridgehead atoms. The van der Waals surface area contributed by atoms with E-state index in [0.717, 1.165) is 0 Å². The van der Waals surface area contributed by atoms with Crippen molar-refractivity contribution in [2.45, 2.75) is 25.5 Å². The van der Waals surface area contributed by atoms with E-state index in [4.69, 9.17) is 16.3 Å². The molecule has 0 spiro atoms. The molecule has 2 rings (SSSR count). The number of sulfone groups is 1. The molecule has 1 aliphatic heterocycles. The second kappa shape index (κ2) is 6.23. The Hall–Kier alpha value is -1.27. The quantitative estimate of drug-likeness (QED) is 0.843. The Morgan fingerprint density at radius 3 is 2.67 bits per heavy atom. The van der Waals surface area contributed by atoms with Gasteiger partial charge in [-0.2, -0.15) is 0 Å². The van der Waals surface area contributed by atoms with Crippen molar-refractivity contribution < 1.29 is 17.9 Å². The number of likely N-dealkylation sites (N-methyl/N-ethyl adjacent to an activating group) is 1. The zero-order chi connectivity index (χ0) is 15.6. The van der Waals surface area contributed by atoms with Gasteiger partial charge >= 0.3 is 0 Å². The molecule has 0 saturated carbocycles. The molecule has 1 amide bonds. The Labute approximate surface area is 129 Å². The van der Waals surface area contributed by atoms with Gasteiger partial charge in [-0.15, -0.1) is 0 Å². The van der Waals surface area contributed by atoms with Gasteiger partial charge in [-0.1, -0.05) is 23.7 Å². The van der Waals surface area contributed by atoms with E-state index < -0.39 is 15.9 Å². The van der Waals surface area contributed by atoms with E-state index >= 15 is 0 Å². The molecule has 2 atom stereocenters. The number of carbonyl (C=O) groups is 1. The second-order valence-electron chi connectivity index (χ2n) is 5.20. The van der Waals surface area contributed by atoms with Crippen LogP contribution in [0.4, 0.5) is 0 Å². The van der Waals surface area contributed by atoms with Gasteiger partial charge in [0.1, 0.15) is 5.75 Å². The van der Waals surface area contributed by atoms with Gasteiger partial charge in [0, 0.05) is 13.1 Å².